The fourth-order valence-electron chi connectivity index (χ4n) is 4.99. The minimum atomic E-state index is -0.269. The number of benzene rings is 1. The van der Waals surface area contributed by atoms with Crippen LogP contribution in [0.3, 0.4) is 0 Å². The zero-order valence-electron chi connectivity index (χ0n) is 22.4. The van der Waals surface area contributed by atoms with Crippen LogP contribution in [-0.4, -0.2) is 43.1 Å². The van der Waals surface area contributed by atoms with Gasteiger partial charge in [-0.1, -0.05) is 25.1 Å². The first-order valence-corrected chi connectivity index (χ1v) is 13.7. The van der Waals surface area contributed by atoms with Crippen molar-refractivity contribution in [2.45, 2.75) is 77.5 Å². The third-order valence-electron chi connectivity index (χ3n) is 7.13. The molecule has 0 amide bonds. The number of anilines is 2. The predicted octanol–water partition coefficient (Wildman–Crippen LogP) is 5.94. The van der Waals surface area contributed by atoms with Gasteiger partial charge in [0.05, 0.1) is 12.0 Å². The van der Waals surface area contributed by atoms with E-state index >= 15 is 0 Å². The van der Waals surface area contributed by atoms with Gasteiger partial charge in [-0.05, 0) is 76.3 Å². The van der Waals surface area contributed by atoms with Crippen molar-refractivity contribution in [2.24, 2.45) is 0 Å². The summed E-state index contributed by atoms with van der Waals surface area (Å²) >= 11 is 0. The van der Waals surface area contributed by atoms with E-state index in [9.17, 15) is 4.39 Å². The lowest BCUT2D eigenvalue weighted by Crippen LogP contribution is -2.37. The van der Waals surface area contributed by atoms with Crippen LogP contribution in [-0.2, 0) is 6.54 Å². The Bertz CT molecular complexity index is 1340. The van der Waals surface area contributed by atoms with E-state index < -0.39 is 0 Å². The van der Waals surface area contributed by atoms with Gasteiger partial charge >= 0.3 is 0 Å². The van der Waals surface area contributed by atoms with Crippen molar-refractivity contribution in [2.75, 3.05) is 17.2 Å². The molecule has 3 heterocycles. The van der Waals surface area contributed by atoms with Crippen LogP contribution in [0.15, 0.2) is 48.9 Å². The summed E-state index contributed by atoms with van der Waals surface area (Å²) < 4.78 is 15.7. The van der Waals surface area contributed by atoms with Crippen LogP contribution >= 0.6 is 0 Å². The molecule has 3 N–H and O–H groups in total. The standard InChI is InChI=1S/C29H37FN8/c1-4-14-31-23-9-11-24(12-10-23)35-29-36-27(26-28(37-29)38(18-34-26)19(2)3)33-17-20-8-13-25(32-16-20)21-6-5-7-22(30)15-21/h5-8,13,15-16,18-19,23-24,31H,4,9-12,14,17H2,1-3H3,(H2,33,35,36,37). The molecule has 38 heavy (non-hydrogen) atoms. The molecule has 1 fully saturated rings. The lowest BCUT2D eigenvalue weighted by molar-refractivity contribution is 0.354. The van der Waals surface area contributed by atoms with E-state index in [-0.39, 0.29) is 11.9 Å². The molecule has 0 spiro atoms. The predicted molar refractivity (Wildman–Crippen MR) is 151 cm³/mol. The maximum Gasteiger partial charge on any atom is 0.227 e. The second-order valence-corrected chi connectivity index (χ2v) is 10.4. The number of pyridine rings is 1. The molecule has 1 aliphatic carbocycles. The molecule has 0 saturated heterocycles. The second kappa shape index (κ2) is 11.9. The fourth-order valence-corrected chi connectivity index (χ4v) is 4.99. The van der Waals surface area contributed by atoms with Crippen molar-refractivity contribution in [1.29, 1.82) is 0 Å². The van der Waals surface area contributed by atoms with Crippen molar-refractivity contribution in [1.82, 2.24) is 29.8 Å². The molecule has 3 aromatic heterocycles. The van der Waals surface area contributed by atoms with E-state index in [1.54, 1.807) is 6.07 Å². The molecule has 5 rings (SSSR count). The van der Waals surface area contributed by atoms with Crippen molar-refractivity contribution < 1.29 is 4.39 Å². The van der Waals surface area contributed by atoms with Gasteiger partial charge in [-0.2, -0.15) is 9.97 Å². The minimum Gasteiger partial charge on any atom is -0.364 e. The Labute approximate surface area is 223 Å². The van der Waals surface area contributed by atoms with Crippen LogP contribution in [0.2, 0.25) is 0 Å². The van der Waals surface area contributed by atoms with Gasteiger partial charge in [-0.15, -0.1) is 0 Å². The molecule has 200 valence electrons. The summed E-state index contributed by atoms with van der Waals surface area (Å²) in [7, 11) is 0. The number of hydrogen-bond donors (Lipinski definition) is 3. The Hall–Kier alpha value is -3.59. The number of fused-ring (bicyclic) bond motifs is 1. The first-order chi connectivity index (χ1) is 18.5. The highest BCUT2D eigenvalue weighted by atomic mass is 19.1. The van der Waals surface area contributed by atoms with Gasteiger partial charge in [-0.3, -0.25) is 4.98 Å². The smallest absolute Gasteiger partial charge is 0.227 e. The monoisotopic (exact) mass is 516 g/mol. The Morgan fingerprint density at radius 2 is 1.84 bits per heavy atom. The SMILES string of the molecule is CCCNC1CCC(Nc2nc(NCc3ccc(-c4cccc(F)c4)nc3)c3ncn(C(C)C)c3n2)CC1. The summed E-state index contributed by atoms with van der Waals surface area (Å²) in [5.74, 6) is 1.06. The molecule has 0 unspecified atom stereocenters. The first kappa shape index (κ1) is 26.0. The third kappa shape index (κ3) is 6.10. The lowest BCUT2D eigenvalue weighted by atomic mass is 9.91. The average Bonchev–Trinajstić information content (AvgIpc) is 3.36. The van der Waals surface area contributed by atoms with Gasteiger partial charge in [0.15, 0.2) is 17.0 Å². The number of rotatable bonds is 10. The normalized spacial score (nSPS) is 17.7. The summed E-state index contributed by atoms with van der Waals surface area (Å²) in [6.45, 7) is 8.07. The maximum atomic E-state index is 13.6. The number of halogens is 1. The molecule has 4 aromatic rings. The van der Waals surface area contributed by atoms with Crippen LogP contribution in [0.5, 0.6) is 0 Å². The second-order valence-electron chi connectivity index (χ2n) is 10.4. The summed E-state index contributed by atoms with van der Waals surface area (Å²) in [6, 6.07) is 11.6. The number of nitrogens with one attached hydrogen (secondary N) is 3. The van der Waals surface area contributed by atoms with E-state index in [1.165, 1.54) is 18.6 Å². The molecule has 9 heteroatoms. The summed E-state index contributed by atoms with van der Waals surface area (Å²) in [5, 5.41) is 10.7. The molecule has 0 atom stereocenters. The molecule has 0 bridgehead atoms. The Morgan fingerprint density at radius 1 is 1.03 bits per heavy atom. The van der Waals surface area contributed by atoms with Gasteiger partial charge in [0.2, 0.25) is 5.95 Å². The molecule has 0 aliphatic heterocycles. The Morgan fingerprint density at radius 3 is 2.55 bits per heavy atom. The lowest BCUT2D eigenvalue weighted by Gasteiger charge is -2.29. The van der Waals surface area contributed by atoms with Gasteiger partial charge in [0.25, 0.3) is 0 Å². The van der Waals surface area contributed by atoms with E-state index in [1.807, 2.05) is 30.7 Å². The van der Waals surface area contributed by atoms with Crippen LogP contribution in [0.4, 0.5) is 16.2 Å². The Kier molecular flexibility index (Phi) is 8.12. The highest BCUT2D eigenvalue weighted by Crippen LogP contribution is 2.27. The van der Waals surface area contributed by atoms with Gasteiger partial charge < -0.3 is 20.5 Å². The number of aromatic nitrogens is 5. The van der Waals surface area contributed by atoms with Crippen LogP contribution in [0.1, 0.15) is 64.5 Å². The molecular weight excluding hydrogens is 479 g/mol. The van der Waals surface area contributed by atoms with E-state index in [4.69, 9.17) is 9.97 Å². The molecule has 1 aliphatic rings. The van der Waals surface area contributed by atoms with Crippen LogP contribution in [0, 0.1) is 5.82 Å². The third-order valence-corrected chi connectivity index (χ3v) is 7.13. The van der Waals surface area contributed by atoms with Crippen molar-refractivity contribution in [3.05, 3.63) is 60.3 Å². The largest absolute Gasteiger partial charge is 0.364 e. The van der Waals surface area contributed by atoms with Gasteiger partial charge in [0.1, 0.15) is 5.82 Å². The summed E-state index contributed by atoms with van der Waals surface area (Å²) in [6.07, 6.45) is 9.32. The first-order valence-electron chi connectivity index (χ1n) is 13.7. The highest BCUT2D eigenvalue weighted by Gasteiger charge is 2.22. The van der Waals surface area contributed by atoms with E-state index in [0.29, 0.717) is 30.4 Å². The molecule has 1 saturated carbocycles. The summed E-state index contributed by atoms with van der Waals surface area (Å²) in [4.78, 5) is 18.9. The Balaban J connectivity index is 1.31. The van der Waals surface area contributed by atoms with Gasteiger partial charge in [-0.25, -0.2) is 9.37 Å². The molecule has 0 radical (unpaired) electrons. The van der Waals surface area contributed by atoms with Crippen molar-refractivity contribution >= 4 is 22.9 Å². The quantitative estimate of drug-likeness (QED) is 0.240. The average molecular weight is 517 g/mol. The number of nitrogens with zero attached hydrogens (tertiary/aromatic N) is 5. The maximum absolute atomic E-state index is 13.6. The number of imidazole rings is 1. The van der Waals surface area contributed by atoms with E-state index in [0.717, 1.165) is 60.2 Å². The highest BCUT2D eigenvalue weighted by molar-refractivity contribution is 5.84. The van der Waals surface area contributed by atoms with E-state index in [2.05, 4.69) is 51.3 Å². The topological polar surface area (TPSA) is 92.6 Å². The van der Waals surface area contributed by atoms with Crippen LogP contribution < -0.4 is 16.0 Å². The van der Waals surface area contributed by atoms with Crippen LogP contribution in [0.25, 0.3) is 22.4 Å². The van der Waals surface area contributed by atoms with Crippen molar-refractivity contribution in [3.63, 3.8) is 0 Å². The minimum absolute atomic E-state index is 0.232. The molecule has 8 nitrogen and oxygen atoms in total. The van der Waals surface area contributed by atoms with Crippen molar-refractivity contribution in [3.8, 4) is 11.3 Å². The van der Waals surface area contributed by atoms with Gasteiger partial charge in [0, 0.05) is 36.4 Å². The zero-order valence-corrected chi connectivity index (χ0v) is 22.4. The number of hydrogen-bond acceptors (Lipinski definition) is 7. The fraction of sp³-hybridized carbons (Fsp3) is 0.448. The zero-order chi connectivity index (χ0) is 26.5. The molecule has 1 aromatic carbocycles. The summed E-state index contributed by atoms with van der Waals surface area (Å²) in [5.41, 5.74) is 4.05. The molecular formula is C29H37FN8.